The van der Waals surface area contributed by atoms with E-state index in [-0.39, 0.29) is 37.7 Å². The first kappa shape index (κ1) is 30.9. The molecule has 37 heavy (non-hydrogen) atoms. The molecule has 1 atom stereocenters. The number of nitrogens with zero attached hydrogens (tertiary/aromatic N) is 2. The van der Waals surface area contributed by atoms with Gasteiger partial charge in [0.05, 0.1) is 11.9 Å². The van der Waals surface area contributed by atoms with Gasteiger partial charge in [0.2, 0.25) is 21.8 Å². The smallest absolute Gasteiger partial charge is 0.242 e. The summed E-state index contributed by atoms with van der Waals surface area (Å²) in [6, 6.07) is 9.76. The van der Waals surface area contributed by atoms with Crippen LogP contribution >= 0.6 is 23.2 Å². The van der Waals surface area contributed by atoms with Crippen LogP contribution in [0, 0.1) is 13.8 Å². The van der Waals surface area contributed by atoms with Crippen LogP contribution in [0.3, 0.4) is 0 Å². The van der Waals surface area contributed by atoms with Gasteiger partial charge in [0.25, 0.3) is 0 Å². The summed E-state index contributed by atoms with van der Waals surface area (Å²) in [5.74, 6) is -0.516. The highest BCUT2D eigenvalue weighted by molar-refractivity contribution is 7.92. The van der Waals surface area contributed by atoms with Crippen molar-refractivity contribution in [3.63, 3.8) is 0 Å². The van der Waals surface area contributed by atoms with Gasteiger partial charge in [0, 0.05) is 36.1 Å². The first-order chi connectivity index (χ1) is 17.3. The van der Waals surface area contributed by atoms with E-state index in [4.69, 9.17) is 23.2 Å². The molecule has 10 heteroatoms. The lowest BCUT2D eigenvalue weighted by Crippen LogP contribution is -2.48. The zero-order valence-electron chi connectivity index (χ0n) is 22.2. The van der Waals surface area contributed by atoms with Crippen LogP contribution < -0.4 is 9.62 Å². The summed E-state index contributed by atoms with van der Waals surface area (Å²) in [5, 5.41) is 3.76. The number of rotatable bonds is 13. The van der Waals surface area contributed by atoms with Crippen molar-refractivity contribution in [1.82, 2.24) is 10.2 Å². The number of carbonyl (C=O) groups excluding carboxylic acids is 2. The summed E-state index contributed by atoms with van der Waals surface area (Å²) in [6.07, 6.45) is 3.29. The highest BCUT2D eigenvalue weighted by Gasteiger charge is 2.27. The van der Waals surface area contributed by atoms with E-state index in [9.17, 15) is 18.0 Å². The summed E-state index contributed by atoms with van der Waals surface area (Å²) in [4.78, 5) is 27.7. The molecular formula is C27H37Cl2N3O4S. The standard InChI is InChI=1S/C27H37Cl2N3O4S/c1-6-7-14-30-27(34)21(4)31(18-22-11-12-23(28)17-25(22)29)26(33)9-8-15-32(37(5,35)36)24-13-10-19(2)20(3)16-24/h10-13,16-17,21H,6-9,14-15,18H2,1-5H3,(H,30,34)/t21-/m0/s1. The molecule has 204 valence electrons. The molecule has 0 saturated carbocycles. The predicted molar refractivity (Wildman–Crippen MR) is 152 cm³/mol. The number of hydrogen-bond donors (Lipinski definition) is 1. The van der Waals surface area contributed by atoms with Crippen LogP contribution in [0.2, 0.25) is 10.0 Å². The molecular weight excluding hydrogens is 533 g/mol. The Bertz CT molecular complexity index is 1200. The molecule has 0 saturated heterocycles. The topological polar surface area (TPSA) is 86.8 Å². The van der Waals surface area contributed by atoms with Crippen molar-refractivity contribution in [2.75, 3.05) is 23.7 Å². The number of unbranched alkanes of at least 4 members (excludes halogenated alkanes) is 1. The van der Waals surface area contributed by atoms with Gasteiger partial charge in [-0.25, -0.2) is 8.42 Å². The summed E-state index contributed by atoms with van der Waals surface area (Å²) in [7, 11) is -3.55. The van der Waals surface area contributed by atoms with Crippen molar-refractivity contribution in [3.8, 4) is 0 Å². The van der Waals surface area contributed by atoms with Crippen molar-refractivity contribution in [1.29, 1.82) is 0 Å². The van der Waals surface area contributed by atoms with Crippen molar-refractivity contribution in [2.24, 2.45) is 0 Å². The van der Waals surface area contributed by atoms with E-state index < -0.39 is 16.1 Å². The fourth-order valence-corrected chi connectivity index (χ4v) is 5.26. The Hall–Kier alpha value is -2.29. The molecule has 0 unspecified atom stereocenters. The molecule has 0 aliphatic heterocycles. The minimum absolute atomic E-state index is 0.0641. The molecule has 2 amide bonds. The van der Waals surface area contributed by atoms with Crippen LogP contribution in [0.5, 0.6) is 0 Å². The summed E-state index contributed by atoms with van der Waals surface area (Å²) < 4.78 is 26.4. The molecule has 0 aliphatic carbocycles. The highest BCUT2D eigenvalue weighted by atomic mass is 35.5. The molecule has 0 aromatic heterocycles. The average molecular weight is 571 g/mol. The second-order valence-electron chi connectivity index (χ2n) is 9.29. The molecule has 2 aromatic rings. The maximum Gasteiger partial charge on any atom is 0.242 e. The second-order valence-corrected chi connectivity index (χ2v) is 12.0. The third kappa shape index (κ3) is 9.20. The SMILES string of the molecule is CCCCNC(=O)[C@H](C)N(Cc1ccc(Cl)cc1Cl)C(=O)CCCN(c1ccc(C)c(C)c1)S(C)(=O)=O. The van der Waals surface area contributed by atoms with Gasteiger partial charge in [-0.15, -0.1) is 0 Å². The lowest BCUT2D eigenvalue weighted by Gasteiger charge is -2.30. The van der Waals surface area contributed by atoms with Crippen molar-refractivity contribution in [2.45, 2.75) is 66.0 Å². The fourth-order valence-electron chi connectivity index (χ4n) is 3.84. The molecule has 2 rings (SSSR count). The second kappa shape index (κ2) is 14.0. The molecule has 0 bridgehead atoms. The van der Waals surface area contributed by atoms with E-state index in [0.717, 1.165) is 30.2 Å². The monoisotopic (exact) mass is 569 g/mol. The number of aryl methyl sites for hydroxylation is 2. The zero-order chi connectivity index (χ0) is 27.8. The Balaban J connectivity index is 2.20. The minimum atomic E-state index is -3.55. The molecule has 2 aromatic carbocycles. The Morgan fingerprint density at radius 1 is 1.03 bits per heavy atom. The number of benzene rings is 2. The van der Waals surface area contributed by atoms with Gasteiger partial charge in [0.1, 0.15) is 6.04 Å². The van der Waals surface area contributed by atoms with Gasteiger partial charge in [0.15, 0.2) is 0 Å². The lowest BCUT2D eigenvalue weighted by atomic mass is 10.1. The van der Waals surface area contributed by atoms with Crippen LogP contribution in [0.15, 0.2) is 36.4 Å². The highest BCUT2D eigenvalue weighted by Crippen LogP contribution is 2.25. The number of carbonyl (C=O) groups is 2. The third-order valence-corrected chi connectivity index (χ3v) is 8.06. The summed E-state index contributed by atoms with van der Waals surface area (Å²) in [6.45, 7) is 8.40. The largest absolute Gasteiger partial charge is 0.354 e. The predicted octanol–water partition coefficient (Wildman–Crippen LogP) is 5.49. The van der Waals surface area contributed by atoms with Crippen LogP contribution in [0.1, 0.15) is 56.2 Å². The van der Waals surface area contributed by atoms with Crippen LogP contribution in [-0.4, -0.2) is 50.5 Å². The Kier molecular flexibility index (Phi) is 11.7. The van der Waals surface area contributed by atoms with Crippen LogP contribution in [0.4, 0.5) is 5.69 Å². The van der Waals surface area contributed by atoms with Crippen molar-refractivity contribution in [3.05, 3.63) is 63.1 Å². The van der Waals surface area contributed by atoms with Gasteiger partial charge in [-0.1, -0.05) is 48.7 Å². The molecule has 1 N–H and O–H groups in total. The quantitative estimate of drug-likeness (QED) is 0.323. The van der Waals surface area contributed by atoms with E-state index in [1.807, 2.05) is 32.9 Å². The number of amides is 2. The van der Waals surface area contributed by atoms with Gasteiger partial charge >= 0.3 is 0 Å². The fraction of sp³-hybridized carbons (Fsp3) is 0.481. The summed E-state index contributed by atoms with van der Waals surface area (Å²) >= 11 is 12.4. The van der Waals surface area contributed by atoms with Crippen LogP contribution in [0.25, 0.3) is 0 Å². The van der Waals surface area contributed by atoms with Crippen LogP contribution in [-0.2, 0) is 26.2 Å². The molecule has 0 radical (unpaired) electrons. The Labute approximate surface area is 231 Å². The van der Waals surface area contributed by atoms with E-state index in [1.165, 1.54) is 9.21 Å². The maximum atomic E-state index is 13.4. The van der Waals surface area contributed by atoms with E-state index in [1.54, 1.807) is 31.2 Å². The number of halogens is 2. The van der Waals surface area contributed by atoms with Crippen molar-refractivity contribution < 1.29 is 18.0 Å². The molecule has 7 nitrogen and oxygen atoms in total. The zero-order valence-corrected chi connectivity index (χ0v) is 24.5. The third-order valence-electron chi connectivity index (χ3n) is 6.28. The average Bonchev–Trinajstić information content (AvgIpc) is 2.82. The number of sulfonamides is 1. The number of nitrogens with one attached hydrogen (secondary N) is 1. The van der Waals surface area contributed by atoms with Gasteiger partial charge in [-0.05, 0) is 74.6 Å². The van der Waals surface area contributed by atoms with Gasteiger partial charge in [-0.3, -0.25) is 13.9 Å². The molecule has 0 spiro atoms. The first-order valence-corrected chi connectivity index (χ1v) is 15.0. The van der Waals surface area contributed by atoms with Gasteiger partial charge < -0.3 is 10.2 Å². The molecule has 0 heterocycles. The number of hydrogen-bond acceptors (Lipinski definition) is 4. The summed E-state index contributed by atoms with van der Waals surface area (Å²) in [5.41, 5.74) is 3.28. The van der Waals surface area contributed by atoms with E-state index >= 15 is 0 Å². The first-order valence-electron chi connectivity index (χ1n) is 12.4. The number of anilines is 1. The van der Waals surface area contributed by atoms with Gasteiger partial charge in [-0.2, -0.15) is 0 Å². The Morgan fingerprint density at radius 3 is 2.32 bits per heavy atom. The minimum Gasteiger partial charge on any atom is -0.354 e. The van der Waals surface area contributed by atoms with E-state index in [2.05, 4.69) is 5.32 Å². The van der Waals surface area contributed by atoms with E-state index in [0.29, 0.717) is 27.8 Å². The Morgan fingerprint density at radius 2 is 1.73 bits per heavy atom. The normalized spacial score (nSPS) is 12.2. The molecule has 0 aliphatic rings. The maximum absolute atomic E-state index is 13.4. The van der Waals surface area contributed by atoms with Crippen molar-refractivity contribution >= 4 is 50.7 Å². The lowest BCUT2D eigenvalue weighted by molar-refractivity contribution is -0.140. The molecule has 0 fully saturated rings.